The molecule has 0 aliphatic rings. The smallest absolute Gasteiger partial charge is 0.416 e. The topological polar surface area (TPSA) is 9.23 Å². The molecule has 0 aliphatic carbocycles. The normalized spacial score (nSPS) is 12.7. The van der Waals surface area contributed by atoms with E-state index in [2.05, 4.69) is 37.4 Å². The Bertz CT molecular complexity index is 1290. The van der Waals surface area contributed by atoms with Gasteiger partial charge in [0.2, 0.25) is 0 Å². The Morgan fingerprint density at radius 3 is 1.60 bits per heavy atom. The maximum absolute atomic E-state index is 13.3. The van der Waals surface area contributed by atoms with Gasteiger partial charge >= 0.3 is 6.18 Å². The van der Waals surface area contributed by atoms with Crippen LogP contribution < -0.4 is 9.92 Å². The third-order valence-electron chi connectivity index (χ3n) is 6.31. The fraction of sp³-hybridized carbons (Fsp3) is 0.133. The Morgan fingerprint density at radius 1 is 0.629 bits per heavy atom. The molecule has 0 aromatic heterocycles. The molecule has 1 nitrogen and oxygen atoms in total. The molecule has 0 heterocycles. The minimum atomic E-state index is -4.39. The van der Waals surface area contributed by atoms with Crippen LogP contribution in [-0.2, 0) is 6.18 Å². The number of benzene rings is 4. The fourth-order valence-corrected chi connectivity index (χ4v) is 7.58. The predicted molar refractivity (Wildman–Crippen MR) is 140 cm³/mol. The Hall–Kier alpha value is -3.57. The van der Waals surface area contributed by atoms with Crippen molar-refractivity contribution >= 4 is 24.0 Å². The van der Waals surface area contributed by atoms with Crippen molar-refractivity contribution in [1.29, 1.82) is 0 Å². The van der Waals surface area contributed by atoms with Gasteiger partial charge in [-0.3, -0.25) is 0 Å². The lowest BCUT2D eigenvalue weighted by molar-refractivity contribution is -0.137. The number of halogens is 3. The maximum atomic E-state index is 13.3. The highest BCUT2D eigenvalue weighted by molar-refractivity contribution is 7.05. The molecule has 4 aromatic rings. The molecular formula is C30H27F3OSi. The van der Waals surface area contributed by atoms with Crippen LogP contribution in [0.3, 0.4) is 0 Å². The van der Waals surface area contributed by atoms with Crippen LogP contribution in [-0.4, -0.2) is 15.2 Å². The highest BCUT2D eigenvalue weighted by Gasteiger charge is 2.34. The van der Waals surface area contributed by atoms with Crippen LogP contribution in [0, 0.1) is 0 Å². The van der Waals surface area contributed by atoms with Gasteiger partial charge in [-0.1, -0.05) is 103 Å². The van der Waals surface area contributed by atoms with Crippen LogP contribution >= 0.6 is 0 Å². The van der Waals surface area contributed by atoms with Crippen LogP contribution in [0.25, 0.3) is 10.8 Å². The standard InChI is InChI=1S/C30H27F3OSi/c1-34-26-20-16-23(17-21-26)28(22-14-18-25(19-15-22)30(31,32)33)29(24-10-6-4-7-11-24)35(2,3)27-12-8-5-9-13-27/h4-21H,1-3H3/b29-28-. The molecule has 0 amide bonds. The lowest BCUT2D eigenvalue weighted by Crippen LogP contribution is -2.43. The first-order valence-electron chi connectivity index (χ1n) is 11.4. The Kier molecular flexibility index (Phi) is 6.99. The summed E-state index contributed by atoms with van der Waals surface area (Å²) in [6.07, 6.45) is -4.39. The molecule has 0 N–H and O–H groups in total. The second-order valence-corrected chi connectivity index (χ2v) is 13.2. The van der Waals surface area contributed by atoms with Crippen LogP contribution in [0.2, 0.25) is 13.1 Å². The quantitative estimate of drug-likeness (QED) is 0.199. The first-order chi connectivity index (χ1) is 16.7. The fourth-order valence-electron chi connectivity index (χ4n) is 4.46. The van der Waals surface area contributed by atoms with Gasteiger partial charge in [0.25, 0.3) is 0 Å². The van der Waals surface area contributed by atoms with Crippen molar-refractivity contribution < 1.29 is 17.9 Å². The molecule has 5 heteroatoms. The number of ether oxygens (including phenoxy) is 1. The Morgan fingerprint density at radius 2 is 1.11 bits per heavy atom. The highest BCUT2D eigenvalue weighted by atomic mass is 28.3. The molecule has 0 radical (unpaired) electrons. The molecule has 0 unspecified atom stereocenters. The molecule has 0 aliphatic heterocycles. The summed E-state index contributed by atoms with van der Waals surface area (Å²) in [7, 11) is -0.711. The number of hydrogen-bond acceptors (Lipinski definition) is 1. The van der Waals surface area contributed by atoms with Gasteiger partial charge in [-0.05, 0) is 51.7 Å². The average Bonchev–Trinajstić information content (AvgIpc) is 2.88. The van der Waals surface area contributed by atoms with Gasteiger partial charge in [0.15, 0.2) is 0 Å². The minimum Gasteiger partial charge on any atom is -0.497 e. The van der Waals surface area contributed by atoms with Crippen molar-refractivity contribution in [3.8, 4) is 5.75 Å². The molecule has 0 saturated heterocycles. The monoisotopic (exact) mass is 488 g/mol. The highest BCUT2D eigenvalue weighted by Crippen LogP contribution is 2.39. The third-order valence-corrected chi connectivity index (χ3v) is 9.88. The molecule has 4 rings (SSSR count). The summed E-state index contributed by atoms with van der Waals surface area (Å²) >= 11 is 0. The van der Waals surface area contributed by atoms with Gasteiger partial charge in [-0.25, -0.2) is 0 Å². The van der Waals surface area contributed by atoms with Crippen molar-refractivity contribution in [2.75, 3.05) is 7.11 Å². The van der Waals surface area contributed by atoms with E-state index in [0.29, 0.717) is 0 Å². The van der Waals surface area contributed by atoms with E-state index in [4.69, 9.17) is 4.74 Å². The zero-order valence-corrected chi connectivity index (χ0v) is 20.9. The minimum absolute atomic E-state index is 0.656. The number of rotatable bonds is 6. The van der Waals surface area contributed by atoms with E-state index in [0.717, 1.165) is 33.2 Å². The summed E-state index contributed by atoms with van der Waals surface area (Å²) in [5, 5.41) is 2.41. The summed E-state index contributed by atoms with van der Waals surface area (Å²) in [6.45, 7) is 4.58. The first kappa shape index (κ1) is 24.5. The molecule has 0 saturated carbocycles. The van der Waals surface area contributed by atoms with Gasteiger partial charge in [-0.15, -0.1) is 0 Å². The van der Waals surface area contributed by atoms with E-state index in [1.165, 1.54) is 17.3 Å². The predicted octanol–water partition coefficient (Wildman–Crippen LogP) is 7.83. The third kappa shape index (κ3) is 5.25. The van der Waals surface area contributed by atoms with Gasteiger partial charge in [-0.2, -0.15) is 13.2 Å². The van der Waals surface area contributed by atoms with Gasteiger partial charge < -0.3 is 4.74 Å². The van der Waals surface area contributed by atoms with Gasteiger partial charge in [0.05, 0.1) is 12.7 Å². The molecule has 0 atom stereocenters. The SMILES string of the molecule is COc1ccc(/C(=C(/c2ccccc2)[Si](C)(C)c2ccccc2)c2ccc(C(F)(F)F)cc2)cc1. The van der Waals surface area contributed by atoms with Gasteiger partial charge in [0.1, 0.15) is 13.8 Å². The van der Waals surface area contributed by atoms with Crippen molar-refractivity contribution in [3.05, 3.63) is 131 Å². The Labute approximate surface area is 205 Å². The van der Waals surface area contributed by atoms with E-state index < -0.39 is 19.8 Å². The van der Waals surface area contributed by atoms with E-state index in [1.807, 2.05) is 60.7 Å². The second-order valence-electron chi connectivity index (χ2n) is 8.91. The molecule has 0 fully saturated rings. The Balaban J connectivity index is 2.06. The van der Waals surface area contributed by atoms with E-state index in [9.17, 15) is 13.2 Å². The molecule has 35 heavy (non-hydrogen) atoms. The lowest BCUT2D eigenvalue weighted by Gasteiger charge is -2.31. The summed E-state index contributed by atoms with van der Waals surface area (Å²) in [6, 6.07) is 33.7. The molecular weight excluding hydrogens is 461 g/mol. The van der Waals surface area contributed by atoms with Crippen molar-refractivity contribution in [2.24, 2.45) is 0 Å². The molecule has 4 aromatic carbocycles. The van der Waals surface area contributed by atoms with Crippen LogP contribution in [0.4, 0.5) is 13.2 Å². The van der Waals surface area contributed by atoms with Crippen molar-refractivity contribution in [1.82, 2.24) is 0 Å². The summed E-state index contributed by atoms with van der Waals surface area (Å²) in [4.78, 5) is 0. The van der Waals surface area contributed by atoms with E-state index in [1.54, 1.807) is 19.2 Å². The van der Waals surface area contributed by atoms with Gasteiger partial charge in [0, 0.05) is 0 Å². The first-order valence-corrected chi connectivity index (χ1v) is 14.4. The summed E-state index contributed by atoms with van der Waals surface area (Å²) in [5.41, 5.74) is 3.03. The average molecular weight is 489 g/mol. The van der Waals surface area contributed by atoms with Crippen molar-refractivity contribution in [3.63, 3.8) is 0 Å². The van der Waals surface area contributed by atoms with E-state index in [-0.39, 0.29) is 0 Å². The zero-order valence-electron chi connectivity index (χ0n) is 19.9. The lowest BCUT2D eigenvalue weighted by atomic mass is 9.94. The number of alkyl halides is 3. The maximum Gasteiger partial charge on any atom is 0.416 e. The van der Waals surface area contributed by atoms with Crippen LogP contribution in [0.1, 0.15) is 22.3 Å². The molecule has 0 bridgehead atoms. The molecule has 178 valence electrons. The number of hydrogen-bond donors (Lipinski definition) is 0. The summed E-state index contributed by atoms with van der Waals surface area (Å²) < 4.78 is 45.4. The van der Waals surface area contributed by atoms with Crippen molar-refractivity contribution in [2.45, 2.75) is 19.3 Å². The summed E-state index contributed by atoms with van der Waals surface area (Å²) in [5.74, 6) is 0.723. The van der Waals surface area contributed by atoms with Crippen LogP contribution in [0.15, 0.2) is 109 Å². The second kappa shape index (κ2) is 9.96. The molecule has 0 spiro atoms. The van der Waals surface area contributed by atoms with E-state index >= 15 is 0 Å². The van der Waals surface area contributed by atoms with Crippen LogP contribution in [0.5, 0.6) is 5.75 Å². The zero-order chi connectivity index (χ0) is 25.1. The largest absolute Gasteiger partial charge is 0.497 e. The number of methoxy groups -OCH3 is 1.